The molecule has 21 heavy (non-hydrogen) atoms. The van der Waals surface area contributed by atoms with Gasteiger partial charge in [-0.2, -0.15) is 25.6 Å². The van der Waals surface area contributed by atoms with E-state index in [1.165, 1.54) is 0 Å². The number of ether oxygens (including phenoxy) is 1. The molecule has 0 spiro atoms. The van der Waals surface area contributed by atoms with Crippen LogP contribution in [0.4, 0.5) is 8.78 Å². The predicted molar refractivity (Wildman–Crippen MR) is 60.2 cm³/mol. The Labute approximate surface area is 118 Å². The minimum absolute atomic E-state index is 0.110. The third-order valence-electron chi connectivity index (χ3n) is 4.22. The first kappa shape index (κ1) is 15.1. The van der Waals surface area contributed by atoms with E-state index in [2.05, 4.69) is 4.74 Å². The van der Waals surface area contributed by atoms with Gasteiger partial charge >= 0.3 is 21.3 Å². The number of fused-ring (bicyclic) bond motifs is 1. The number of hydrogen-bond donors (Lipinski definition) is 1. The summed E-state index contributed by atoms with van der Waals surface area (Å²) in [7, 11) is -9.77. The maximum atomic E-state index is 13.1. The minimum Gasteiger partial charge on any atom is -0.454 e. The quantitative estimate of drug-likeness (QED) is 0.412. The topological polar surface area (TPSA) is 124 Å². The first-order valence-corrected chi connectivity index (χ1v) is 8.84. The van der Waals surface area contributed by atoms with Gasteiger partial charge in [-0.25, -0.2) is 4.79 Å². The molecule has 0 radical (unpaired) electrons. The maximum absolute atomic E-state index is 13.1. The van der Waals surface area contributed by atoms with Gasteiger partial charge in [-0.15, -0.1) is 0 Å². The van der Waals surface area contributed by atoms with E-state index in [9.17, 15) is 30.4 Å². The zero-order valence-electron chi connectivity index (χ0n) is 10.2. The van der Waals surface area contributed by atoms with Crippen LogP contribution in [0.3, 0.4) is 0 Å². The average molecular weight is 348 g/mol. The second-order valence-corrected chi connectivity index (χ2v) is 8.60. The van der Waals surface area contributed by atoms with Gasteiger partial charge in [-0.1, -0.05) is 0 Å². The number of carbonyl (C=O) groups excluding carboxylic acids is 1. The van der Waals surface area contributed by atoms with Crippen LogP contribution >= 0.6 is 0 Å². The molecule has 0 aromatic rings. The number of carbonyl (C=O) groups is 1. The number of hydrogen-bond acceptors (Lipinski definition) is 7. The summed E-state index contributed by atoms with van der Waals surface area (Å²) in [4.78, 5) is 11.3. The molecular formula is C9H10F2O8S2. The number of esters is 1. The first-order valence-electron chi connectivity index (χ1n) is 5.93. The van der Waals surface area contributed by atoms with Crippen LogP contribution < -0.4 is 0 Å². The Bertz CT molecular complexity index is 699. The molecule has 120 valence electrons. The molecule has 4 unspecified atom stereocenters. The Morgan fingerprint density at radius 2 is 1.95 bits per heavy atom. The van der Waals surface area contributed by atoms with Crippen LogP contribution in [0.25, 0.3) is 0 Å². The lowest BCUT2D eigenvalue weighted by Gasteiger charge is -2.25. The lowest BCUT2D eigenvalue weighted by atomic mass is 9.94. The molecule has 1 heterocycles. The van der Waals surface area contributed by atoms with E-state index >= 15 is 0 Å². The summed E-state index contributed by atoms with van der Waals surface area (Å²) < 4.78 is 88.0. The zero-order chi connectivity index (χ0) is 15.8. The van der Waals surface area contributed by atoms with Crippen LogP contribution in [0.15, 0.2) is 0 Å². The normalized spacial score (nSPS) is 40.4. The van der Waals surface area contributed by atoms with E-state index < -0.39 is 60.8 Å². The van der Waals surface area contributed by atoms with Crippen molar-refractivity contribution in [1.82, 2.24) is 0 Å². The van der Waals surface area contributed by atoms with Gasteiger partial charge in [0, 0.05) is 11.8 Å². The fraction of sp³-hybridized carbons (Fsp3) is 0.889. The lowest BCUT2D eigenvalue weighted by molar-refractivity contribution is -0.173. The van der Waals surface area contributed by atoms with Crippen LogP contribution in [0.5, 0.6) is 0 Å². The minimum atomic E-state index is -5.96. The van der Waals surface area contributed by atoms with E-state index in [-0.39, 0.29) is 6.42 Å². The van der Waals surface area contributed by atoms with Gasteiger partial charge in [0.2, 0.25) is 0 Å². The number of halogens is 2. The lowest BCUT2D eigenvalue weighted by Crippen LogP contribution is -2.45. The fourth-order valence-electron chi connectivity index (χ4n) is 3.34. The highest BCUT2D eigenvalue weighted by atomic mass is 32.2. The Morgan fingerprint density at radius 1 is 1.33 bits per heavy atom. The van der Waals surface area contributed by atoms with E-state index in [0.29, 0.717) is 6.42 Å². The van der Waals surface area contributed by atoms with Crippen molar-refractivity contribution in [3.8, 4) is 0 Å². The van der Waals surface area contributed by atoms with Crippen LogP contribution in [-0.4, -0.2) is 50.1 Å². The molecular weight excluding hydrogens is 338 g/mol. The van der Waals surface area contributed by atoms with Gasteiger partial charge in [0.1, 0.15) is 12.2 Å². The molecule has 3 fully saturated rings. The van der Waals surface area contributed by atoms with Crippen molar-refractivity contribution < 1.29 is 43.9 Å². The maximum Gasteiger partial charge on any atom is 0.465 e. The molecule has 5 atom stereocenters. The SMILES string of the molecule is O=C(OC1C2OS(=O)(=O)C3C[C@@H]1CC23)C(F)(F)S(=O)(=O)O. The van der Waals surface area contributed by atoms with Crippen molar-refractivity contribution in [3.63, 3.8) is 0 Å². The molecule has 3 aliphatic rings. The summed E-state index contributed by atoms with van der Waals surface area (Å²) >= 11 is 0. The number of rotatable bonds is 3. The zero-order valence-corrected chi connectivity index (χ0v) is 11.8. The highest BCUT2D eigenvalue weighted by molar-refractivity contribution is 7.88. The molecule has 1 N–H and O–H groups in total. The van der Waals surface area contributed by atoms with Crippen molar-refractivity contribution in [2.24, 2.45) is 11.8 Å². The van der Waals surface area contributed by atoms with Gasteiger partial charge in [0.15, 0.2) is 0 Å². The second kappa shape index (κ2) is 4.12. The van der Waals surface area contributed by atoms with Gasteiger partial charge in [-0.05, 0) is 12.8 Å². The molecule has 2 bridgehead atoms. The summed E-state index contributed by atoms with van der Waals surface area (Å²) in [6.45, 7) is 0. The Hall–Kier alpha value is -0.850. The fourth-order valence-corrected chi connectivity index (χ4v) is 5.48. The second-order valence-electron chi connectivity index (χ2n) is 5.35. The summed E-state index contributed by atoms with van der Waals surface area (Å²) in [5.41, 5.74) is 0. The molecule has 3 rings (SSSR count). The van der Waals surface area contributed by atoms with Crippen molar-refractivity contribution in [1.29, 1.82) is 0 Å². The molecule has 12 heteroatoms. The first-order chi connectivity index (χ1) is 9.45. The van der Waals surface area contributed by atoms with Crippen molar-refractivity contribution in [2.75, 3.05) is 0 Å². The smallest absolute Gasteiger partial charge is 0.454 e. The van der Waals surface area contributed by atoms with Crippen molar-refractivity contribution in [3.05, 3.63) is 0 Å². The molecule has 2 saturated carbocycles. The highest BCUT2D eigenvalue weighted by Gasteiger charge is 2.66. The molecule has 1 saturated heterocycles. The summed E-state index contributed by atoms with van der Waals surface area (Å²) in [6, 6.07) is 0. The van der Waals surface area contributed by atoms with Crippen LogP contribution in [-0.2, 0) is 34.0 Å². The predicted octanol–water partition coefficient (Wildman–Crippen LogP) is -0.484. The summed E-state index contributed by atoms with van der Waals surface area (Å²) in [6.07, 6.45) is -1.88. The highest BCUT2D eigenvalue weighted by Crippen LogP contribution is 2.55. The van der Waals surface area contributed by atoms with Crippen LogP contribution in [0.2, 0.25) is 0 Å². The third-order valence-corrected chi connectivity index (χ3v) is 6.81. The average Bonchev–Trinajstić information content (AvgIpc) is 2.91. The van der Waals surface area contributed by atoms with E-state index in [0.717, 1.165) is 0 Å². The Balaban J connectivity index is 1.81. The van der Waals surface area contributed by atoms with Crippen molar-refractivity contribution in [2.45, 2.75) is 35.6 Å². The van der Waals surface area contributed by atoms with E-state index in [1.807, 2.05) is 0 Å². The monoisotopic (exact) mass is 348 g/mol. The Kier molecular flexibility index (Phi) is 2.95. The van der Waals surface area contributed by atoms with Crippen molar-refractivity contribution >= 4 is 26.2 Å². The largest absolute Gasteiger partial charge is 0.465 e. The molecule has 2 aliphatic carbocycles. The van der Waals surface area contributed by atoms with Gasteiger partial charge in [0.05, 0.1) is 5.25 Å². The van der Waals surface area contributed by atoms with Gasteiger partial charge in [0.25, 0.3) is 10.1 Å². The van der Waals surface area contributed by atoms with E-state index in [1.54, 1.807) is 0 Å². The van der Waals surface area contributed by atoms with Crippen LogP contribution in [0, 0.1) is 11.8 Å². The van der Waals surface area contributed by atoms with E-state index in [4.69, 9.17) is 8.74 Å². The molecule has 1 aliphatic heterocycles. The standard InChI is InChI=1S/C9H10F2O8S2/c10-9(11,21(15,16)17)8(12)18-6-3-1-4-5(2-3)20(13,14)19-7(4)6/h3-7H,1-2H2,(H,15,16,17)/t3-,4?,5?,6?,7?/m0/s1. The molecule has 8 nitrogen and oxygen atoms in total. The summed E-state index contributed by atoms with van der Waals surface area (Å²) in [5, 5.41) is -5.84. The number of alkyl halides is 2. The van der Waals surface area contributed by atoms with Crippen LogP contribution in [0.1, 0.15) is 12.8 Å². The molecule has 0 aromatic heterocycles. The third kappa shape index (κ3) is 1.99. The molecule has 0 aromatic carbocycles. The van der Waals surface area contributed by atoms with Gasteiger partial charge < -0.3 is 4.74 Å². The summed E-state index contributed by atoms with van der Waals surface area (Å²) in [5.74, 6) is -3.37. The van der Waals surface area contributed by atoms with Gasteiger partial charge in [-0.3, -0.25) is 8.74 Å². The Morgan fingerprint density at radius 3 is 2.52 bits per heavy atom. The molecule has 0 amide bonds.